The van der Waals surface area contributed by atoms with E-state index >= 15 is 0 Å². The van der Waals surface area contributed by atoms with Gasteiger partial charge in [-0.25, -0.2) is 0 Å². The highest BCUT2D eigenvalue weighted by atomic mass is 35.5. The first kappa shape index (κ1) is 13.3. The summed E-state index contributed by atoms with van der Waals surface area (Å²) in [7, 11) is 0. The summed E-state index contributed by atoms with van der Waals surface area (Å²) in [5.74, 6) is -0.150. The van der Waals surface area contributed by atoms with Crippen LogP contribution in [0.25, 0.3) is 0 Å². The molecule has 0 fully saturated rings. The monoisotopic (exact) mass is 260 g/mol. The van der Waals surface area contributed by atoms with Gasteiger partial charge in [0.25, 0.3) is 0 Å². The van der Waals surface area contributed by atoms with Crippen molar-refractivity contribution in [1.82, 2.24) is 0 Å². The Kier molecular flexibility index (Phi) is 5.64. The molecule has 0 heterocycles. The lowest BCUT2D eigenvalue weighted by atomic mass is 10.1. The van der Waals surface area contributed by atoms with Gasteiger partial charge in [0.15, 0.2) is 0 Å². The molecule has 0 aromatic heterocycles. The number of hydrogen-bond acceptors (Lipinski definition) is 2. The fourth-order valence-electron chi connectivity index (χ4n) is 1.37. The normalized spacial score (nSPS) is 10.2. The average molecular weight is 261 g/mol. The second-order valence-corrected chi connectivity index (χ2v) is 4.22. The highest BCUT2D eigenvalue weighted by molar-refractivity contribution is 6.42. The van der Waals surface area contributed by atoms with E-state index in [1.54, 1.807) is 13.0 Å². The van der Waals surface area contributed by atoms with Gasteiger partial charge >= 0.3 is 5.97 Å². The van der Waals surface area contributed by atoms with Crippen molar-refractivity contribution in [3.8, 4) is 0 Å². The molecule has 0 radical (unpaired) electrons. The fourth-order valence-corrected chi connectivity index (χ4v) is 1.69. The smallest absolute Gasteiger partial charge is 0.305 e. The minimum absolute atomic E-state index is 0.150. The fraction of sp³-hybridized carbons (Fsp3) is 0.417. The lowest BCUT2D eigenvalue weighted by Gasteiger charge is -2.03. The van der Waals surface area contributed by atoms with Crippen LogP contribution < -0.4 is 0 Å². The van der Waals surface area contributed by atoms with Crippen molar-refractivity contribution in [2.45, 2.75) is 26.2 Å². The largest absolute Gasteiger partial charge is 0.466 e. The summed E-state index contributed by atoms with van der Waals surface area (Å²) in [4.78, 5) is 11.1. The molecule has 0 bridgehead atoms. The van der Waals surface area contributed by atoms with Crippen molar-refractivity contribution >= 4 is 29.2 Å². The molecule has 16 heavy (non-hydrogen) atoms. The van der Waals surface area contributed by atoms with Crippen LogP contribution in [0.15, 0.2) is 18.2 Å². The van der Waals surface area contributed by atoms with Crippen molar-refractivity contribution in [2.75, 3.05) is 6.61 Å². The Balaban J connectivity index is 2.37. The lowest BCUT2D eigenvalue weighted by Crippen LogP contribution is -2.03. The molecule has 0 saturated heterocycles. The Morgan fingerprint density at radius 1 is 1.31 bits per heavy atom. The molecule has 0 atom stereocenters. The Bertz CT molecular complexity index is 364. The zero-order chi connectivity index (χ0) is 12.0. The van der Waals surface area contributed by atoms with Gasteiger partial charge in [0.2, 0.25) is 0 Å². The van der Waals surface area contributed by atoms with Gasteiger partial charge in [-0.05, 0) is 37.5 Å². The average Bonchev–Trinajstić information content (AvgIpc) is 2.24. The van der Waals surface area contributed by atoms with E-state index in [4.69, 9.17) is 27.9 Å². The van der Waals surface area contributed by atoms with Gasteiger partial charge in [-0.1, -0.05) is 29.3 Å². The Morgan fingerprint density at radius 2 is 2.06 bits per heavy atom. The Morgan fingerprint density at radius 3 is 2.69 bits per heavy atom. The third-order valence-electron chi connectivity index (χ3n) is 2.14. The molecule has 1 aromatic carbocycles. The molecular weight excluding hydrogens is 247 g/mol. The van der Waals surface area contributed by atoms with Gasteiger partial charge in [-0.15, -0.1) is 0 Å². The van der Waals surface area contributed by atoms with Crippen LogP contribution in [0.4, 0.5) is 0 Å². The number of carbonyl (C=O) groups is 1. The number of benzene rings is 1. The molecule has 1 aromatic rings. The summed E-state index contributed by atoms with van der Waals surface area (Å²) in [5.41, 5.74) is 1.08. The van der Waals surface area contributed by atoms with E-state index in [9.17, 15) is 4.79 Å². The summed E-state index contributed by atoms with van der Waals surface area (Å²) in [6, 6.07) is 5.51. The third kappa shape index (κ3) is 4.42. The molecule has 2 nitrogen and oxygen atoms in total. The number of ether oxygens (including phenoxy) is 1. The van der Waals surface area contributed by atoms with Crippen LogP contribution in [0.1, 0.15) is 25.3 Å². The molecule has 0 spiro atoms. The first-order valence-corrected chi connectivity index (χ1v) is 5.98. The van der Waals surface area contributed by atoms with Gasteiger partial charge in [0.1, 0.15) is 0 Å². The second kappa shape index (κ2) is 6.77. The van der Waals surface area contributed by atoms with Gasteiger partial charge in [0.05, 0.1) is 16.7 Å². The molecule has 0 aliphatic carbocycles. The molecule has 0 aliphatic heterocycles. The third-order valence-corrected chi connectivity index (χ3v) is 2.87. The summed E-state index contributed by atoms with van der Waals surface area (Å²) in [6.07, 6.45) is 2.00. The van der Waals surface area contributed by atoms with E-state index in [1.807, 2.05) is 12.1 Å². The van der Waals surface area contributed by atoms with Gasteiger partial charge in [0, 0.05) is 6.42 Å². The summed E-state index contributed by atoms with van der Waals surface area (Å²) in [6.45, 7) is 2.24. The highest BCUT2D eigenvalue weighted by Crippen LogP contribution is 2.23. The minimum atomic E-state index is -0.150. The zero-order valence-electron chi connectivity index (χ0n) is 9.13. The number of esters is 1. The van der Waals surface area contributed by atoms with Crippen LogP contribution >= 0.6 is 23.2 Å². The number of aryl methyl sites for hydroxylation is 1. The van der Waals surface area contributed by atoms with Crippen LogP contribution in [-0.2, 0) is 16.0 Å². The van der Waals surface area contributed by atoms with Crippen molar-refractivity contribution in [3.63, 3.8) is 0 Å². The molecule has 0 unspecified atom stereocenters. The maximum absolute atomic E-state index is 11.1. The van der Waals surface area contributed by atoms with E-state index in [0.29, 0.717) is 23.1 Å². The highest BCUT2D eigenvalue weighted by Gasteiger charge is 2.03. The quantitative estimate of drug-likeness (QED) is 0.752. The van der Waals surface area contributed by atoms with Gasteiger partial charge in [-0.3, -0.25) is 4.79 Å². The van der Waals surface area contributed by atoms with E-state index in [-0.39, 0.29) is 5.97 Å². The number of rotatable bonds is 5. The molecule has 0 N–H and O–H groups in total. The minimum Gasteiger partial charge on any atom is -0.466 e. The molecule has 88 valence electrons. The molecule has 0 amide bonds. The van der Waals surface area contributed by atoms with Crippen LogP contribution in [-0.4, -0.2) is 12.6 Å². The molecule has 4 heteroatoms. The zero-order valence-corrected chi connectivity index (χ0v) is 10.6. The van der Waals surface area contributed by atoms with E-state index < -0.39 is 0 Å². The van der Waals surface area contributed by atoms with Gasteiger partial charge in [-0.2, -0.15) is 0 Å². The predicted molar refractivity (Wildman–Crippen MR) is 66.0 cm³/mol. The number of halogens is 2. The molecule has 0 saturated carbocycles. The van der Waals surface area contributed by atoms with Crippen molar-refractivity contribution < 1.29 is 9.53 Å². The molecule has 0 aliphatic rings. The van der Waals surface area contributed by atoms with Crippen molar-refractivity contribution in [1.29, 1.82) is 0 Å². The number of hydrogen-bond donors (Lipinski definition) is 0. The maximum Gasteiger partial charge on any atom is 0.305 e. The summed E-state index contributed by atoms with van der Waals surface area (Å²) >= 11 is 11.7. The maximum atomic E-state index is 11.1. The molecular formula is C12H14Cl2O2. The van der Waals surface area contributed by atoms with Crippen molar-refractivity contribution in [2.24, 2.45) is 0 Å². The first-order valence-electron chi connectivity index (χ1n) is 5.23. The van der Waals surface area contributed by atoms with Crippen LogP contribution in [0.5, 0.6) is 0 Å². The van der Waals surface area contributed by atoms with E-state index in [2.05, 4.69) is 0 Å². The lowest BCUT2D eigenvalue weighted by molar-refractivity contribution is -0.143. The first-order chi connectivity index (χ1) is 7.63. The predicted octanol–water partition coefficient (Wildman–Crippen LogP) is 3.88. The van der Waals surface area contributed by atoms with E-state index in [0.717, 1.165) is 18.4 Å². The van der Waals surface area contributed by atoms with Crippen LogP contribution in [0, 0.1) is 0 Å². The molecule has 1 rings (SSSR count). The van der Waals surface area contributed by atoms with E-state index in [1.165, 1.54) is 0 Å². The Hall–Kier alpha value is -0.730. The Labute approximate surface area is 106 Å². The topological polar surface area (TPSA) is 26.3 Å². The van der Waals surface area contributed by atoms with Crippen LogP contribution in [0.2, 0.25) is 10.0 Å². The standard InChI is InChI=1S/C12H14Cl2O2/c1-2-16-12(15)5-3-4-9-6-7-10(13)11(14)8-9/h6-8H,2-5H2,1H3. The summed E-state index contributed by atoms with van der Waals surface area (Å²) in [5, 5.41) is 1.10. The van der Waals surface area contributed by atoms with Crippen molar-refractivity contribution in [3.05, 3.63) is 33.8 Å². The SMILES string of the molecule is CCOC(=O)CCCc1ccc(Cl)c(Cl)c1. The van der Waals surface area contributed by atoms with Crippen LogP contribution in [0.3, 0.4) is 0 Å². The second-order valence-electron chi connectivity index (χ2n) is 3.41. The van der Waals surface area contributed by atoms with Gasteiger partial charge < -0.3 is 4.74 Å². The number of carbonyl (C=O) groups excluding carboxylic acids is 1. The summed E-state index contributed by atoms with van der Waals surface area (Å²) < 4.78 is 4.84.